The lowest BCUT2D eigenvalue weighted by atomic mass is 9.84. The van der Waals surface area contributed by atoms with Crippen molar-refractivity contribution >= 4 is 23.4 Å². The maximum absolute atomic E-state index is 10.6. The van der Waals surface area contributed by atoms with Gasteiger partial charge in [-0.2, -0.15) is 0 Å². The minimum atomic E-state index is -0.498. The normalized spacial score (nSPS) is 25.2. The Hall–Kier alpha value is -0.220. The predicted octanol–water partition coefficient (Wildman–Crippen LogP) is 4.16. The first-order valence-corrected chi connectivity index (χ1v) is 8.91. The second-order valence-corrected chi connectivity index (χ2v) is 7.61. The lowest BCUT2D eigenvalue weighted by molar-refractivity contribution is 0.00241. The highest BCUT2D eigenvalue weighted by molar-refractivity contribution is 7.99. The molecule has 1 atom stereocenters. The number of nitrogens with one attached hydrogen (secondary N) is 1. The Morgan fingerprint density at radius 1 is 1.30 bits per heavy atom. The Bertz CT molecular complexity index is 474. The van der Waals surface area contributed by atoms with Gasteiger partial charge in [-0.1, -0.05) is 30.9 Å². The SMILES string of the molecule is OC1(CNC2CCSc3ccc(Cl)cc32)CCCCC1. The van der Waals surface area contributed by atoms with Crippen LogP contribution >= 0.6 is 23.4 Å². The third kappa shape index (κ3) is 3.33. The molecule has 0 spiro atoms. The van der Waals surface area contributed by atoms with Crippen molar-refractivity contribution in [3.63, 3.8) is 0 Å². The molecule has 2 nitrogen and oxygen atoms in total. The molecule has 0 saturated heterocycles. The van der Waals surface area contributed by atoms with Crippen molar-refractivity contribution in [2.24, 2.45) is 0 Å². The predicted molar refractivity (Wildman–Crippen MR) is 85.6 cm³/mol. The largest absolute Gasteiger partial charge is 0.389 e. The number of hydrogen-bond donors (Lipinski definition) is 2. The molecule has 1 heterocycles. The van der Waals surface area contributed by atoms with Gasteiger partial charge in [0.05, 0.1) is 5.60 Å². The maximum Gasteiger partial charge on any atom is 0.0771 e. The fourth-order valence-corrected chi connectivity index (χ4v) is 4.56. The van der Waals surface area contributed by atoms with Gasteiger partial charge >= 0.3 is 0 Å². The van der Waals surface area contributed by atoms with Crippen LogP contribution < -0.4 is 5.32 Å². The molecule has 3 rings (SSSR count). The highest BCUT2D eigenvalue weighted by atomic mass is 35.5. The molecular formula is C16H22ClNOS. The Kier molecular flexibility index (Phi) is 4.61. The van der Waals surface area contributed by atoms with E-state index in [1.54, 1.807) is 0 Å². The summed E-state index contributed by atoms with van der Waals surface area (Å²) in [6.07, 6.45) is 6.55. The van der Waals surface area contributed by atoms with E-state index in [2.05, 4.69) is 17.4 Å². The van der Waals surface area contributed by atoms with E-state index in [-0.39, 0.29) is 0 Å². The third-order valence-electron chi connectivity index (χ3n) is 4.47. The van der Waals surface area contributed by atoms with Crippen LogP contribution in [0.25, 0.3) is 0 Å². The molecule has 1 aliphatic carbocycles. The zero-order valence-corrected chi connectivity index (χ0v) is 13.3. The van der Waals surface area contributed by atoms with Crippen LogP contribution in [0.5, 0.6) is 0 Å². The van der Waals surface area contributed by atoms with Gasteiger partial charge in [-0.15, -0.1) is 11.8 Å². The second-order valence-electron chi connectivity index (χ2n) is 6.04. The number of aliphatic hydroxyl groups is 1. The van der Waals surface area contributed by atoms with Crippen molar-refractivity contribution in [1.29, 1.82) is 0 Å². The summed E-state index contributed by atoms with van der Waals surface area (Å²) in [7, 11) is 0. The van der Waals surface area contributed by atoms with E-state index in [9.17, 15) is 5.11 Å². The summed E-state index contributed by atoms with van der Waals surface area (Å²) in [5, 5.41) is 15.0. The Labute approximate surface area is 130 Å². The molecule has 0 aromatic heterocycles. The number of hydrogen-bond acceptors (Lipinski definition) is 3. The van der Waals surface area contributed by atoms with Crippen LogP contribution in [0, 0.1) is 0 Å². The molecule has 0 amide bonds. The Balaban J connectivity index is 1.68. The number of rotatable bonds is 3. The van der Waals surface area contributed by atoms with Crippen molar-refractivity contribution in [3.05, 3.63) is 28.8 Å². The maximum atomic E-state index is 10.6. The van der Waals surface area contributed by atoms with Crippen molar-refractivity contribution in [1.82, 2.24) is 5.32 Å². The van der Waals surface area contributed by atoms with Crippen LogP contribution in [0.3, 0.4) is 0 Å². The van der Waals surface area contributed by atoms with E-state index in [1.807, 2.05) is 17.8 Å². The van der Waals surface area contributed by atoms with Crippen molar-refractivity contribution in [2.75, 3.05) is 12.3 Å². The van der Waals surface area contributed by atoms with E-state index in [0.717, 1.165) is 42.9 Å². The van der Waals surface area contributed by atoms with Gasteiger partial charge in [-0.05, 0) is 48.8 Å². The summed E-state index contributed by atoms with van der Waals surface area (Å²) in [5.41, 5.74) is 0.801. The van der Waals surface area contributed by atoms with Crippen LogP contribution in [0.2, 0.25) is 5.02 Å². The van der Waals surface area contributed by atoms with Crippen LogP contribution in [0.15, 0.2) is 23.1 Å². The van der Waals surface area contributed by atoms with Crippen LogP contribution in [0.1, 0.15) is 50.1 Å². The van der Waals surface area contributed by atoms with Gasteiger partial charge in [0.25, 0.3) is 0 Å². The average Bonchev–Trinajstić information content (AvgIpc) is 2.46. The molecule has 1 aromatic carbocycles. The van der Waals surface area contributed by atoms with Gasteiger partial charge in [0.2, 0.25) is 0 Å². The topological polar surface area (TPSA) is 32.3 Å². The Morgan fingerprint density at radius 3 is 2.90 bits per heavy atom. The van der Waals surface area contributed by atoms with E-state index < -0.39 is 5.60 Å². The molecule has 1 aliphatic heterocycles. The summed E-state index contributed by atoms with van der Waals surface area (Å²) in [5.74, 6) is 1.13. The first-order valence-electron chi connectivity index (χ1n) is 7.54. The molecule has 1 fully saturated rings. The quantitative estimate of drug-likeness (QED) is 0.879. The fraction of sp³-hybridized carbons (Fsp3) is 0.625. The monoisotopic (exact) mass is 311 g/mol. The lowest BCUT2D eigenvalue weighted by Gasteiger charge is -2.35. The summed E-state index contributed by atoms with van der Waals surface area (Å²) < 4.78 is 0. The van der Waals surface area contributed by atoms with Gasteiger partial charge in [0.15, 0.2) is 0 Å². The molecule has 1 unspecified atom stereocenters. The zero-order valence-electron chi connectivity index (χ0n) is 11.7. The molecule has 4 heteroatoms. The molecule has 110 valence electrons. The Morgan fingerprint density at radius 2 is 2.10 bits per heavy atom. The molecule has 2 N–H and O–H groups in total. The van der Waals surface area contributed by atoms with E-state index >= 15 is 0 Å². The lowest BCUT2D eigenvalue weighted by Crippen LogP contribution is -2.43. The smallest absolute Gasteiger partial charge is 0.0771 e. The molecule has 0 bridgehead atoms. The van der Waals surface area contributed by atoms with Gasteiger partial charge in [-0.3, -0.25) is 0 Å². The second kappa shape index (κ2) is 6.27. The molecule has 1 saturated carbocycles. The molecule has 2 aliphatic rings. The first kappa shape index (κ1) is 14.7. The fourth-order valence-electron chi connectivity index (χ4n) is 3.28. The molecule has 1 aromatic rings. The highest BCUT2D eigenvalue weighted by Crippen LogP contribution is 2.38. The number of halogens is 1. The minimum Gasteiger partial charge on any atom is -0.389 e. The molecule has 20 heavy (non-hydrogen) atoms. The minimum absolute atomic E-state index is 0.330. The van der Waals surface area contributed by atoms with Gasteiger partial charge in [0.1, 0.15) is 0 Å². The molecule has 0 radical (unpaired) electrons. The number of thioether (sulfide) groups is 1. The van der Waals surface area contributed by atoms with E-state index in [0.29, 0.717) is 12.6 Å². The van der Waals surface area contributed by atoms with Crippen molar-refractivity contribution in [2.45, 2.75) is 55.1 Å². The number of benzene rings is 1. The first-order chi connectivity index (χ1) is 9.66. The third-order valence-corrected chi connectivity index (χ3v) is 5.83. The van der Waals surface area contributed by atoms with Crippen molar-refractivity contribution < 1.29 is 5.11 Å². The van der Waals surface area contributed by atoms with E-state index in [4.69, 9.17) is 11.6 Å². The van der Waals surface area contributed by atoms with Crippen LogP contribution in [-0.2, 0) is 0 Å². The summed E-state index contributed by atoms with van der Waals surface area (Å²) in [6.45, 7) is 0.703. The standard InChI is InChI=1S/C16H22ClNOS/c17-12-4-5-15-13(10-12)14(6-9-20-15)18-11-16(19)7-2-1-3-8-16/h4-5,10,14,18-19H,1-3,6-9,11H2. The average molecular weight is 312 g/mol. The number of fused-ring (bicyclic) bond motifs is 1. The van der Waals surface area contributed by atoms with Gasteiger partial charge in [-0.25, -0.2) is 0 Å². The summed E-state index contributed by atoms with van der Waals surface area (Å²) in [4.78, 5) is 1.33. The summed E-state index contributed by atoms with van der Waals surface area (Å²) >= 11 is 8.03. The van der Waals surface area contributed by atoms with Gasteiger partial charge in [0, 0.05) is 22.5 Å². The highest BCUT2D eigenvalue weighted by Gasteiger charge is 2.30. The molecular weight excluding hydrogens is 290 g/mol. The van der Waals surface area contributed by atoms with Gasteiger partial charge < -0.3 is 10.4 Å². The van der Waals surface area contributed by atoms with E-state index in [1.165, 1.54) is 16.9 Å². The van der Waals surface area contributed by atoms with Crippen LogP contribution in [0.4, 0.5) is 0 Å². The summed E-state index contributed by atoms with van der Waals surface area (Å²) in [6, 6.07) is 6.48. The zero-order chi connectivity index (χ0) is 14.0. The van der Waals surface area contributed by atoms with Crippen molar-refractivity contribution in [3.8, 4) is 0 Å². The van der Waals surface area contributed by atoms with Crippen LogP contribution in [-0.4, -0.2) is 23.0 Å².